The van der Waals surface area contributed by atoms with E-state index in [9.17, 15) is 9.59 Å². The van der Waals surface area contributed by atoms with Crippen molar-refractivity contribution < 1.29 is 19.1 Å². The first-order valence-corrected chi connectivity index (χ1v) is 12.0. The number of amides is 1. The predicted octanol–water partition coefficient (Wildman–Crippen LogP) is 3.41. The second kappa shape index (κ2) is 10.7. The minimum absolute atomic E-state index is 0.0378. The molecule has 0 spiro atoms. The molecule has 0 aliphatic carbocycles. The molecule has 0 atom stereocenters. The standard InChI is InChI=1S/C25H32N6O4/c1-4-5-18(32)7-9-21(33)30-12-10-17(11-13-30)31-25-22(24(26)27-15-28-25)23(29-31)16-6-8-19(34-2)20(14-16)35-3/h6,8,14-15,17H,4-5,7,9-13H2,1-3H3,(H2,26,27,28). The molecule has 0 radical (unpaired) electrons. The van der Waals surface area contributed by atoms with E-state index in [2.05, 4.69) is 9.97 Å². The number of hydrogen-bond acceptors (Lipinski definition) is 8. The summed E-state index contributed by atoms with van der Waals surface area (Å²) in [5.74, 6) is 1.76. The molecule has 4 rings (SSSR count). The monoisotopic (exact) mass is 480 g/mol. The minimum atomic E-state index is 0.0378. The van der Waals surface area contributed by atoms with Gasteiger partial charge in [0.15, 0.2) is 17.1 Å². The molecule has 0 saturated carbocycles. The lowest BCUT2D eigenvalue weighted by Crippen LogP contribution is -2.39. The quantitative estimate of drug-likeness (QED) is 0.494. The van der Waals surface area contributed by atoms with Crippen LogP contribution >= 0.6 is 0 Å². The van der Waals surface area contributed by atoms with Crippen LogP contribution in [0.15, 0.2) is 24.5 Å². The van der Waals surface area contributed by atoms with E-state index in [4.69, 9.17) is 20.3 Å². The Kier molecular flexibility index (Phi) is 7.48. The van der Waals surface area contributed by atoms with Crippen molar-refractivity contribution in [2.24, 2.45) is 0 Å². The van der Waals surface area contributed by atoms with E-state index in [1.54, 1.807) is 14.2 Å². The summed E-state index contributed by atoms with van der Waals surface area (Å²) < 4.78 is 12.7. The van der Waals surface area contributed by atoms with Gasteiger partial charge in [-0.3, -0.25) is 9.59 Å². The number of likely N-dealkylation sites (tertiary alicyclic amines) is 1. The van der Waals surface area contributed by atoms with Crippen molar-refractivity contribution in [3.8, 4) is 22.8 Å². The van der Waals surface area contributed by atoms with Crippen molar-refractivity contribution in [2.45, 2.75) is 51.5 Å². The van der Waals surface area contributed by atoms with Gasteiger partial charge in [-0.1, -0.05) is 6.92 Å². The fraction of sp³-hybridized carbons (Fsp3) is 0.480. The Balaban J connectivity index is 1.56. The normalized spacial score (nSPS) is 14.3. The summed E-state index contributed by atoms with van der Waals surface area (Å²) in [5, 5.41) is 5.60. The van der Waals surface area contributed by atoms with Crippen LogP contribution in [0.2, 0.25) is 0 Å². The summed E-state index contributed by atoms with van der Waals surface area (Å²) in [7, 11) is 3.18. The Hall–Kier alpha value is -3.69. The Morgan fingerprint density at radius 1 is 1.06 bits per heavy atom. The highest BCUT2D eigenvalue weighted by Crippen LogP contribution is 2.37. The van der Waals surface area contributed by atoms with Gasteiger partial charge in [-0.25, -0.2) is 14.6 Å². The van der Waals surface area contributed by atoms with E-state index in [0.717, 1.165) is 24.8 Å². The van der Waals surface area contributed by atoms with Gasteiger partial charge in [-0.15, -0.1) is 0 Å². The molecule has 3 aromatic rings. The predicted molar refractivity (Wildman–Crippen MR) is 132 cm³/mol. The number of carbonyl (C=O) groups is 2. The number of rotatable bonds is 9. The zero-order chi connectivity index (χ0) is 24.9. The van der Waals surface area contributed by atoms with Gasteiger partial charge in [0, 0.05) is 37.9 Å². The summed E-state index contributed by atoms with van der Waals surface area (Å²) in [6.07, 6.45) is 4.87. The number of methoxy groups -OCH3 is 2. The molecule has 2 N–H and O–H groups in total. The van der Waals surface area contributed by atoms with Gasteiger partial charge in [-0.05, 0) is 37.5 Å². The number of aromatic nitrogens is 4. The van der Waals surface area contributed by atoms with Gasteiger partial charge in [0.25, 0.3) is 0 Å². The van der Waals surface area contributed by atoms with Crippen LogP contribution in [-0.2, 0) is 9.59 Å². The molecule has 1 aliphatic rings. The minimum Gasteiger partial charge on any atom is -0.493 e. The number of ether oxygens (including phenoxy) is 2. The summed E-state index contributed by atoms with van der Waals surface area (Å²) in [5.41, 5.74) is 8.42. The molecule has 35 heavy (non-hydrogen) atoms. The highest BCUT2D eigenvalue weighted by atomic mass is 16.5. The molecule has 10 nitrogen and oxygen atoms in total. The Bertz CT molecular complexity index is 1220. The first-order valence-electron chi connectivity index (χ1n) is 12.0. The molecule has 186 valence electrons. The summed E-state index contributed by atoms with van der Waals surface area (Å²) >= 11 is 0. The number of nitrogen functional groups attached to an aromatic ring is 1. The van der Waals surface area contributed by atoms with Crippen molar-refractivity contribution in [3.05, 3.63) is 24.5 Å². The summed E-state index contributed by atoms with van der Waals surface area (Å²) in [4.78, 5) is 34.9. The van der Waals surface area contributed by atoms with Gasteiger partial charge in [0.1, 0.15) is 23.6 Å². The molecule has 1 fully saturated rings. The third kappa shape index (κ3) is 5.06. The number of ketones is 1. The number of nitrogens with zero attached hydrogens (tertiary/aromatic N) is 5. The van der Waals surface area contributed by atoms with Crippen molar-refractivity contribution in [1.29, 1.82) is 0 Å². The molecule has 2 aromatic heterocycles. The Morgan fingerprint density at radius 3 is 2.49 bits per heavy atom. The number of hydrogen-bond donors (Lipinski definition) is 1. The van der Waals surface area contributed by atoms with Crippen LogP contribution in [0.5, 0.6) is 11.5 Å². The molecule has 3 heterocycles. The topological polar surface area (TPSA) is 125 Å². The highest BCUT2D eigenvalue weighted by molar-refractivity contribution is 5.98. The molecule has 1 amide bonds. The van der Waals surface area contributed by atoms with E-state index in [1.165, 1.54) is 6.33 Å². The average molecular weight is 481 g/mol. The van der Waals surface area contributed by atoms with Crippen molar-refractivity contribution in [1.82, 2.24) is 24.6 Å². The van der Waals surface area contributed by atoms with Crippen LogP contribution in [0.25, 0.3) is 22.3 Å². The molecule has 10 heteroatoms. The number of nitrogens with two attached hydrogens (primary N) is 1. The smallest absolute Gasteiger partial charge is 0.223 e. The van der Waals surface area contributed by atoms with Gasteiger partial charge in [0.2, 0.25) is 5.91 Å². The maximum absolute atomic E-state index is 12.6. The van der Waals surface area contributed by atoms with E-state index in [1.807, 2.05) is 34.7 Å². The molecular weight excluding hydrogens is 448 g/mol. The van der Waals surface area contributed by atoms with E-state index >= 15 is 0 Å². The molecule has 1 aliphatic heterocycles. The van der Waals surface area contributed by atoms with Crippen LogP contribution < -0.4 is 15.2 Å². The number of carbonyl (C=O) groups excluding carboxylic acids is 2. The fourth-order valence-electron chi connectivity index (χ4n) is 4.60. The third-order valence-corrected chi connectivity index (χ3v) is 6.48. The van der Waals surface area contributed by atoms with E-state index in [-0.39, 0.29) is 24.2 Å². The summed E-state index contributed by atoms with van der Waals surface area (Å²) in [6, 6.07) is 5.65. The van der Waals surface area contributed by atoms with Crippen molar-refractivity contribution >= 4 is 28.5 Å². The van der Waals surface area contributed by atoms with Gasteiger partial charge in [-0.2, -0.15) is 5.10 Å². The van der Waals surface area contributed by atoms with Gasteiger partial charge < -0.3 is 20.1 Å². The fourth-order valence-corrected chi connectivity index (χ4v) is 4.60. The van der Waals surface area contributed by atoms with E-state index in [0.29, 0.717) is 60.0 Å². The third-order valence-electron chi connectivity index (χ3n) is 6.48. The first kappa shape index (κ1) is 24.4. The number of Topliss-reactive ketones (excluding diaryl/α,β-unsaturated/α-hetero) is 1. The highest BCUT2D eigenvalue weighted by Gasteiger charge is 2.28. The maximum atomic E-state index is 12.6. The van der Waals surface area contributed by atoms with Crippen molar-refractivity contribution in [3.63, 3.8) is 0 Å². The van der Waals surface area contributed by atoms with Gasteiger partial charge in [0.05, 0.1) is 25.6 Å². The second-order valence-corrected chi connectivity index (χ2v) is 8.72. The lowest BCUT2D eigenvalue weighted by atomic mass is 10.0. The molecular formula is C25H32N6O4. The lowest BCUT2D eigenvalue weighted by molar-refractivity contribution is -0.134. The number of anilines is 1. The Morgan fingerprint density at radius 2 is 1.80 bits per heavy atom. The largest absolute Gasteiger partial charge is 0.493 e. The zero-order valence-corrected chi connectivity index (χ0v) is 20.5. The number of benzene rings is 1. The summed E-state index contributed by atoms with van der Waals surface area (Å²) in [6.45, 7) is 3.19. The van der Waals surface area contributed by atoms with Crippen molar-refractivity contribution in [2.75, 3.05) is 33.0 Å². The molecule has 1 saturated heterocycles. The van der Waals surface area contributed by atoms with Crippen LogP contribution in [0.1, 0.15) is 51.5 Å². The lowest BCUT2D eigenvalue weighted by Gasteiger charge is -2.32. The number of fused-ring (bicyclic) bond motifs is 1. The van der Waals surface area contributed by atoms with Crippen LogP contribution in [0, 0.1) is 0 Å². The molecule has 0 bridgehead atoms. The van der Waals surface area contributed by atoms with E-state index < -0.39 is 0 Å². The number of piperidine rings is 1. The van der Waals surface area contributed by atoms with Crippen LogP contribution in [0.3, 0.4) is 0 Å². The second-order valence-electron chi connectivity index (χ2n) is 8.72. The van der Waals surface area contributed by atoms with Crippen LogP contribution in [-0.4, -0.2) is 63.6 Å². The SMILES string of the molecule is CCCC(=O)CCC(=O)N1CCC(n2nc(-c3ccc(OC)c(OC)c3)c3c(N)ncnc32)CC1. The van der Waals surface area contributed by atoms with Crippen LogP contribution in [0.4, 0.5) is 5.82 Å². The first-order chi connectivity index (χ1) is 17.0. The average Bonchev–Trinajstić information content (AvgIpc) is 3.28. The Labute approximate surface area is 204 Å². The molecule has 0 unspecified atom stereocenters. The molecule has 1 aromatic carbocycles. The van der Waals surface area contributed by atoms with Gasteiger partial charge >= 0.3 is 0 Å². The maximum Gasteiger partial charge on any atom is 0.223 e. The zero-order valence-electron chi connectivity index (χ0n) is 20.5.